The Hall–Kier alpha value is -7.75. The molecule has 3 aromatic heterocycles. The third-order valence-corrected chi connectivity index (χ3v) is 13.2. The molecule has 9 atom stereocenters. The van der Waals surface area contributed by atoms with Crippen molar-refractivity contribution in [3.63, 3.8) is 0 Å². The smallest absolute Gasteiger partial charge is 0.326 e. The molecule has 0 radical (unpaired) electrons. The van der Waals surface area contributed by atoms with E-state index in [4.69, 9.17) is 11.5 Å². The van der Waals surface area contributed by atoms with E-state index in [1.807, 2.05) is 6.07 Å². The van der Waals surface area contributed by atoms with Gasteiger partial charge in [0.2, 0.25) is 47.3 Å². The van der Waals surface area contributed by atoms with Crippen molar-refractivity contribution < 1.29 is 58.5 Å². The standard InChI is InChI=1S/C50H73N15O12/c1-26(2)40(52)47(73)58-33(12-7-8-14-51)42(68)59-34(17-29-20-53-24-56-29)43(69)60-35(18-30-21-54-25-57-30)44(70)63-38(23-67)49(75)65-15-9-13-39(65)46(72)64-41(27(3)4)48(74)62-37(22-66)45(71)61-36(50(76)77)16-28-19-55-32-11-6-5-10-31(28)32/h5-6,10-11,19-21,24-27,33-41,55,66-67H,7-9,12-18,22-23,51-52H2,1-4H3,(H,53,56)(H,54,57)(H,58,73)(H,59,68)(H,60,69)(H,61,71)(H,62,74)(H,63,70)(H,64,72)(H,76,77)/t33-,34-,35-,36-,37-,38-,39-,40-,41-/m0/s1. The second kappa shape index (κ2) is 29.0. The number of nitrogens with two attached hydrogens (primary N) is 2. The number of amides is 8. The third kappa shape index (κ3) is 16.9. The van der Waals surface area contributed by atoms with Gasteiger partial charge < -0.3 is 83.9 Å². The van der Waals surface area contributed by atoms with Gasteiger partial charge in [0.15, 0.2) is 0 Å². The molecule has 27 heteroatoms. The van der Waals surface area contributed by atoms with Crippen LogP contribution in [-0.2, 0) is 62.4 Å². The van der Waals surface area contributed by atoms with Gasteiger partial charge in [0.05, 0.1) is 31.9 Å². The van der Waals surface area contributed by atoms with E-state index in [9.17, 15) is 58.5 Å². The Bertz CT molecular complexity index is 2620. The van der Waals surface area contributed by atoms with Gasteiger partial charge in [-0.25, -0.2) is 14.8 Å². The maximum Gasteiger partial charge on any atom is 0.326 e. The topological polar surface area (TPSA) is 427 Å². The van der Waals surface area contributed by atoms with Crippen LogP contribution in [0.4, 0.5) is 0 Å². The van der Waals surface area contributed by atoms with E-state index in [1.54, 1.807) is 52.1 Å². The fourth-order valence-electron chi connectivity index (χ4n) is 8.72. The Labute approximate surface area is 444 Å². The number of para-hydroxylation sites is 1. The maximum absolute atomic E-state index is 14.3. The van der Waals surface area contributed by atoms with E-state index in [-0.39, 0.29) is 44.6 Å². The van der Waals surface area contributed by atoms with E-state index < -0.39 is 127 Å². The Kier molecular flexibility index (Phi) is 22.6. The molecule has 1 fully saturated rings. The molecule has 1 aliphatic heterocycles. The number of aliphatic hydroxyl groups excluding tert-OH is 2. The minimum atomic E-state index is -1.65. The van der Waals surface area contributed by atoms with Crippen molar-refractivity contribution in [2.24, 2.45) is 23.3 Å². The second-order valence-corrected chi connectivity index (χ2v) is 19.7. The number of carbonyl (C=O) groups excluding carboxylic acids is 8. The van der Waals surface area contributed by atoms with Crippen LogP contribution in [0.25, 0.3) is 10.9 Å². The Balaban J connectivity index is 1.26. The zero-order chi connectivity index (χ0) is 56.3. The number of carboxylic acid groups (broad SMARTS) is 1. The van der Waals surface area contributed by atoms with Crippen molar-refractivity contribution in [2.45, 2.75) is 133 Å². The molecule has 0 bridgehead atoms. The summed E-state index contributed by atoms with van der Waals surface area (Å²) in [6, 6.07) is -4.90. The molecule has 27 nitrogen and oxygen atoms in total. The zero-order valence-electron chi connectivity index (χ0n) is 43.5. The maximum atomic E-state index is 14.3. The van der Waals surface area contributed by atoms with E-state index in [0.29, 0.717) is 42.8 Å². The van der Waals surface area contributed by atoms with Crippen LogP contribution < -0.4 is 48.7 Å². The lowest BCUT2D eigenvalue weighted by Crippen LogP contribution is -2.61. The quantitative estimate of drug-likeness (QED) is 0.0230. The predicted molar refractivity (Wildman–Crippen MR) is 277 cm³/mol. The van der Waals surface area contributed by atoms with Crippen LogP contribution >= 0.6 is 0 Å². The number of benzene rings is 1. The van der Waals surface area contributed by atoms with Gasteiger partial charge in [-0.1, -0.05) is 45.9 Å². The van der Waals surface area contributed by atoms with Crippen LogP contribution in [0.15, 0.2) is 55.5 Å². The summed E-state index contributed by atoms with van der Waals surface area (Å²) in [6.45, 7) is 5.20. The second-order valence-electron chi connectivity index (χ2n) is 19.7. The molecule has 0 saturated carbocycles. The molecule has 4 heterocycles. The van der Waals surface area contributed by atoms with Gasteiger partial charge in [-0.3, -0.25) is 38.4 Å². The molecule has 0 unspecified atom stereocenters. The van der Waals surface area contributed by atoms with Gasteiger partial charge in [-0.05, 0) is 62.1 Å². The summed E-state index contributed by atoms with van der Waals surface area (Å²) in [5.41, 5.74) is 14.0. The molecule has 1 saturated heterocycles. The first-order valence-electron chi connectivity index (χ1n) is 25.6. The predicted octanol–water partition coefficient (Wildman–Crippen LogP) is -3.14. The van der Waals surface area contributed by atoms with Crippen molar-refractivity contribution in [3.8, 4) is 0 Å². The van der Waals surface area contributed by atoms with Crippen molar-refractivity contribution in [2.75, 3.05) is 26.3 Å². The van der Waals surface area contributed by atoms with Crippen molar-refractivity contribution in [3.05, 3.63) is 72.5 Å². The number of imidazole rings is 2. The molecule has 1 aliphatic rings. The number of carboxylic acids is 1. The molecular weight excluding hydrogens is 1000 g/mol. The van der Waals surface area contributed by atoms with Gasteiger partial charge in [-0.15, -0.1) is 0 Å². The van der Waals surface area contributed by atoms with Crippen LogP contribution in [-0.4, -0.2) is 179 Å². The van der Waals surface area contributed by atoms with E-state index in [0.717, 1.165) is 15.8 Å². The van der Waals surface area contributed by atoms with E-state index >= 15 is 0 Å². The normalized spacial score (nSPS) is 16.5. The van der Waals surface area contributed by atoms with Gasteiger partial charge >= 0.3 is 5.97 Å². The first-order valence-corrected chi connectivity index (χ1v) is 25.6. The van der Waals surface area contributed by atoms with Crippen LogP contribution in [0.1, 0.15) is 76.8 Å². The first kappa shape index (κ1) is 60.1. The van der Waals surface area contributed by atoms with Gasteiger partial charge in [0, 0.05) is 66.7 Å². The van der Waals surface area contributed by atoms with Gasteiger partial charge in [-0.2, -0.15) is 0 Å². The molecule has 17 N–H and O–H groups in total. The number of aromatic nitrogens is 5. The van der Waals surface area contributed by atoms with E-state index in [1.165, 1.54) is 25.0 Å². The number of aliphatic hydroxyl groups is 2. The molecule has 0 aliphatic carbocycles. The molecule has 8 amide bonds. The highest BCUT2D eigenvalue weighted by atomic mass is 16.4. The lowest BCUT2D eigenvalue weighted by molar-refractivity contribution is -0.143. The molecule has 4 aromatic rings. The van der Waals surface area contributed by atoms with Crippen LogP contribution in [0.5, 0.6) is 0 Å². The summed E-state index contributed by atoms with van der Waals surface area (Å²) >= 11 is 0. The van der Waals surface area contributed by atoms with Crippen molar-refractivity contribution in [1.29, 1.82) is 0 Å². The average molecular weight is 1080 g/mol. The fraction of sp³-hybridized carbons (Fsp3) is 0.540. The number of H-pyrrole nitrogens is 3. The summed E-state index contributed by atoms with van der Waals surface area (Å²) in [5.74, 6) is -8.81. The van der Waals surface area contributed by atoms with Crippen molar-refractivity contribution in [1.82, 2.24) is 67.0 Å². The summed E-state index contributed by atoms with van der Waals surface area (Å²) in [5, 5.41) is 49.4. The number of aromatic amines is 3. The molecule has 1 aromatic carbocycles. The number of carbonyl (C=O) groups is 9. The highest BCUT2D eigenvalue weighted by Crippen LogP contribution is 2.21. The molecular formula is C50H73N15O12. The highest BCUT2D eigenvalue weighted by Gasteiger charge is 2.41. The lowest BCUT2D eigenvalue weighted by Gasteiger charge is -2.31. The molecule has 5 rings (SSSR count). The molecule has 77 heavy (non-hydrogen) atoms. The minimum Gasteiger partial charge on any atom is -0.480 e. The van der Waals surface area contributed by atoms with E-state index in [2.05, 4.69) is 62.1 Å². The molecule has 0 spiro atoms. The van der Waals surface area contributed by atoms with Crippen LogP contribution in [0.2, 0.25) is 0 Å². The molecule has 420 valence electrons. The number of hydrogen-bond donors (Lipinski definition) is 15. The summed E-state index contributed by atoms with van der Waals surface area (Å²) in [7, 11) is 0. The zero-order valence-corrected chi connectivity index (χ0v) is 43.5. The monoisotopic (exact) mass is 1080 g/mol. The SMILES string of the molecule is CC(C)[C@H](N)C(=O)N[C@@H](CCCCN)C(=O)N[C@@H](Cc1cnc[nH]1)C(=O)N[C@@H](Cc1cnc[nH]1)C(=O)N[C@@H](CO)C(=O)N1CCC[C@H]1C(=O)N[C@H](C(=O)N[C@@H](CO)C(=O)N[C@@H](Cc1c[nH]c2ccccc12)C(=O)O)C(C)C. The Morgan fingerprint density at radius 1 is 0.662 bits per heavy atom. The Morgan fingerprint density at radius 2 is 1.21 bits per heavy atom. The van der Waals surface area contributed by atoms with Gasteiger partial charge in [0.1, 0.15) is 48.3 Å². The number of rotatable bonds is 30. The van der Waals surface area contributed by atoms with Gasteiger partial charge in [0.25, 0.3) is 0 Å². The lowest BCUT2D eigenvalue weighted by atomic mass is 10.0. The fourth-order valence-corrected chi connectivity index (χ4v) is 8.72. The van der Waals surface area contributed by atoms with Crippen molar-refractivity contribution >= 4 is 64.1 Å². The summed E-state index contributed by atoms with van der Waals surface area (Å²) < 4.78 is 0. The largest absolute Gasteiger partial charge is 0.480 e. The number of unbranched alkanes of at least 4 members (excludes halogenated alkanes) is 1. The number of aliphatic carboxylic acids is 1. The Morgan fingerprint density at radius 3 is 1.75 bits per heavy atom. The first-order chi connectivity index (χ1) is 36.8. The number of likely N-dealkylation sites (tertiary alicyclic amines) is 1. The number of nitrogens with zero attached hydrogens (tertiary/aromatic N) is 3. The number of hydrogen-bond acceptors (Lipinski definition) is 15. The number of fused-ring (bicyclic) bond motifs is 1. The average Bonchev–Trinajstić information content (AvgIpc) is 4.28. The van der Waals surface area contributed by atoms with Crippen LogP contribution in [0.3, 0.4) is 0 Å². The number of nitrogens with one attached hydrogen (secondary N) is 10. The minimum absolute atomic E-state index is 0.0122. The summed E-state index contributed by atoms with van der Waals surface area (Å²) in [6.07, 6.45) is 8.32. The summed E-state index contributed by atoms with van der Waals surface area (Å²) in [4.78, 5) is 141. The third-order valence-electron chi connectivity index (χ3n) is 13.2. The highest BCUT2D eigenvalue weighted by molar-refractivity contribution is 5.98. The van der Waals surface area contributed by atoms with Crippen LogP contribution in [0, 0.1) is 11.8 Å².